The first-order valence-electron chi connectivity index (χ1n) is 4.57. The van der Waals surface area contributed by atoms with Crippen LogP contribution in [-0.2, 0) is 0 Å². The smallest absolute Gasteiger partial charge is 0.147 e. The highest BCUT2D eigenvalue weighted by atomic mass is 79.9. The zero-order valence-electron chi connectivity index (χ0n) is 8.25. The van der Waals surface area contributed by atoms with Gasteiger partial charge in [0.2, 0.25) is 0 Å². The quantitative estimate of drug-likeness (QED) is 0.800. The summed E-state index contributed by atoms with van der Waals surface area (Å²) < 4.78 is 14.4. The van der Waals surface area contributed by atoms with Crippen molar-refractivity contribution in [2.45, 2.75) is 6.10 Å². The van der Waals surface area contributed by atoms with Crippen molar-refractivity contribution in [1.29, 1.82) is 0 Å². The minimum Gasteiger partial charge on any atom is -0.383 e. The highest BCUT2D eigenvalue weighted by molar-refractivity contribution is 9.11. The zero-order valence-corrected chi connectivity index (χ0v) is 12.2. The Morgan fingerprint density at radius 3 is 2.59 bits per heavy atom. The van der Waals surface area contributed by atoms with Crippen molar-refractivity contribution in [1.82, 2.24) is 0 Å². The van der Waals surface area contributed by atoms with Crippen LogP contribution in [0.5, 0.6) is 0 Å². The second kappa shape index (κ2) is 5.24. The summed E-state index contributed by atoms with van der Waals surface area (Å²) in [6.07, 6.45) is -1.07. The molecule has 0 aliphatic rings. The molecule has 2 aromatic rings. The number of hydrogen-bond acceptors (Lipinski definition) is 2. The van der Waals surface area contributed by atoms with Gasteiger partial charge in [-0.3, -0.25) is 0 Å². The summed E-state index contributed by atoms with van der Waals surface area (Å²) >= 11 is 16.0. The first-order valence-corrected chi connectivity index (χ1v) is 6.94. The van der Waals surface area contributed by atoms with Crippen molar-refractivity contribution in [3.8, 4) is 0 Å². The van der Waals surface area contributed by atoms with E-state index in [1.807, 2.05) is 0 Å². The van der Waals surface area contributed by atoms with Crippen molar-refractivity contribution in [2.24, 2.45) is 0 Å². The topological polar surface area (TPSA) is 20.2 Å². The van der Waals surface area contributed by atoms with Crippen molar-refractivity contribution in [2.75, 3.05) is 0 Å². The van der Waals surface area contributed by atoms with E-state index in [0.29, 0.717) is 13.7 Å². The molecule has 0 radical (unpaired) electrons. The summed E-state index contributed by atoms with van der Waals surface area (Å²) in [5.41, 5.74) is 0.142. The molecule has 17 heavy (non-hydrogen) atoms. The van der Waals surface area contributed by atoms with Crippen LogP contribution in [0.15, 0.2) is 28.1 Å². The number of halogens is 4. The van der Waals surface area contributed by atoms with Gasteiger partial charge < -0.3 is 5.11 Å². The second-order valence-corrected chi connectivity index (χ2v) is 6.53. The van der Waals surface area contributed by atoms with Crippen LogP contribution in [0.25, 0.3) is 0 Å². The number of benzene rings is 1. The molecule has 0 bridgehead atoms. The van der Waals surface area contributed by atoms with Gasteiger partial charge in [-0.25, -0.2) is 4.39 Å². The standard InChI is InChI=1S/C11H6BrCl2FOS/c12-11-7(14)4-8(17-11)10(16)5-2-1-3-6(13)9(5)15/h1-4,10,16H. The summed E-state index contributed by atoms with van der Waals surface area (Å²) in [4.78, 5) is 0.558. The molecule has 0 saturated carbocycles. The maximum Gasteiger partial charge on any atom is 0.147 e. The van der Waals surface area contributed by atoms with E-state index < -0.39 is 11.9 Å². The lowest BCUT2D eigenvalue weighted by Gasteiger charge is -2.10. The van der Waals surface area contributed by atoms with E-state index in [1.165, 1.54) is 23.5 Å². The lowest BCUT2D eigenvalue weighted by molar-refractivity contribution is 0.219. The van der Waals surface area contributed by atoms with Gasteiger partial charge in [0, 0.05) is 10.4 Å². The Kier molecular flexibility index (Phi) is 4.10. The van der Waals surface area contributed by atoms with E-state index in [1.54, 1.807) is 12.1 Å². The predicted octanol–water partition coefficient (Wildman–Crippen LogP) is 5.04. The highest BCUT2D eigenvalue weighted by Crippen LogP contribution is 2.38. The number of rotatable bonds is 2. The molecule has 6 heteroatoms. The first-order chi connectivity index (χ1) is 8.00. The van der Waals surface area contributed by atoms with Gasteiger partial charge in [-0.05, 0) is 28.1 Å². The largest absolute Gasteiger partial charge is 0.383 e. The Hall–Kier alpha value is -0.130. The molecule has 0 fully saturated rings. The van der Waals surface area contributed by atoms with E-state index in [-0.39, 0.29) is 10.6 Å². The maximum atomic E-state index is 13.7. The average molecular weight is 356 g/mol. The summed E-state index contributed by atoms with van der Waals surface area (Å²) in [5.74, 6) is -0.609. The molecule has 0 spiro atoms. The molecule has 1 aromatic carbocycles. The number of aliphatic hydroxyl groups excluding tert-OH is 1. The minimum atomic E-state index is -1.07. The van der Waals surface area contributed by atoms with Gasteiger partial charge in [-0.1, -0.05) is 35.3 Å². The van der Waals surface area contributed by atoms with Crippen molar-refractivity contribution in [3.63, 3.8) is 0 Å². The molecule has 1 nitrogen and oxygen atoms in total. The molecule has 1 heterocycles. The molecular formula is C11H6BrCl2FOS. The fourth-order valence-electron chi connectivity index (χ4n) is 1.38. The van der Waals surface area contributed by atoms with Crippen molar-refractivity contribution in [3.05, 3.63) is 54.4 Å². The average Bonchev–Trinajstić information content (AvgIpc) is 2.62. The zero-order chi connectivity index (χ0) is 12.6. The minimum absolute atomic E-state index is 0.0109. The summed E-state index contributed by atoms with van der Waals surface area (Å²) in [7, 11) is 0. The molecule has 2 rings (SSSR count). The van der Waals surface area contributed by atoms with Crippen LogP contribution in [0.2, 0.25) is 10.0 Å². The van der Waals surface area contributed by atoms with E-state index >= 15 is 0 Å². The van der Waals surface area contributed by atoms with Gasteiger partial charge in [0.05, 0.1) is 13.8 Å². The van der Waals surface area contributed by atoms with Gasteiger partial charge in [-0.15, -0.1) is 11.3 Å². The van der Waals surface area contributed by atoms with Crippen LogP contribution >= 0.6 is 50.5 Å². The molecule has 0 aliphatic heterocycles. The molecule has 90 valence electrons. The maximum absolute atomic E-state index is 13.7. The summed E-state index contributed by atoms with van der Waals surface area (Å²) in [5, 5.41) is 10.5. The third-order valence-corrected chi connectivity index (χ3v) is 5.03. The van der Waals surface area contributed by atoms with Crippen LogP contribution in [0.1, 0.15) is 16.5 Å². The molecule has 1 aromatic heterocycles. The van der Waals surface area contributed by atoms with Gasteiger partial charge in [0.15, 0.2) is 0 Å². The lowest BCUT2D eigenvalue weighted by atomic mass is 10.1. The molecule has 0 saturated heterocycles. The molecular weight excluding hydrogens is 350 g/mol. The first kappa shape index (κ1) is 13.3. The molecule has 1 unspecified atom stereocenters. The number of hydrogen-bond donors (Lipinski definition) is 1. The monoisotopic (exact) mass is 354 g/mol. The number of thiophene rings is 1. The van der Waals surface area contributed by atoms with Crippen LogP contribution in [-0.4, -0.2) is 5.11 Å². The molecule has 1 N–H and O–H groups in total. The third kappa shape index (κ3) is 2.66. The van der Waals surface area contributed by atoms with Crippen LogP contribution < -0.4 is 0 Å². The molecule has 0 amide bonds. The van der Waals surface area contributed by atoms with E-state index in [9.17, 15) is 9.50 Å². The van der Waals surface area contributed by atoms with E-state index in [4.69, 9.17) is 23.2 Å². The van der Waals surface area contributed by atoms with Crippen LogP contribution in [0, 0.1) is 5.82 Å². The number of aliphatic hydroxyl groups is 1. The summed E-state index contributed by atoms with van der Waals surface area (Å²) in [6, 6.07) is 6.12. The fourth-order valence-corrected chi connectivity index (χ4v) is 3.32. The van der Waals surface area contributed by atoms with Gasteiger partial charge in [0.25, 0.3) is 0 Å². The predicted molar refractivity (Wildman–Crippen MR) is 72.5 cm³/mol. The lowest BCUT2D eigenvalue weighted by Crippen LogP contribution is -2.00. The second-order valence-electron chi connectivity index (χ2n) is 3.32. The molecule has 0 aliphatic carbocycles. The van der Waals surface area contributed by atoms with E-state index in [2.05, 4.69) is 15.9 Å². The van der Waals surface area contributed by atoms with Crippen LogP contribution in [0.3, 0.4) is 0 Å². The SMILES string of the molecule is OC(c1cc(Cl)c(Br)s1)c1cccc(Cl)c1F. The van der Waals surface area contributed by atoms with Gasteiger partial charge in [-0.2, -0.15) is 0 Å². The summed E-state index contributed by atoms with van der Waals surface area (Å²) in [6.45, 7) is 0. The highest BCUT2D eigenvalue weighted by Gasteiger charge is 2.19. The third-order valence-electron chi connectivity index (χ3n) is 2.21. The van der Waals surface area contributed by atoms with Crippen molar-refractivity contribution < 1.29 is 9.50 Å². The van der Waals surface area contributed by atoms with E-state index in [0.717, 1.165) is 0 Å². The Morgan fingerprint density at radius 2 is 2.00 bits per heavy atom. The Morgan fingerprint density at radius 1 is 1.29 bits per heavy atom. The van der Waals surface area contributed by atoms with Gasteiger partial charge >= 0.3 is 0 Å². The Balaban J connectivity index is 2.43. The van der Waals surface area contributed by atoms with Crippen LogP contribution in [0.4, 0.5) is 4.39 Å². The fraction of sp³-hybridized carbons (Fsp3) is 0.0909. The molecule has 1 atom stereocenters. The Bertz CT molecular complexity index is 539. The normalized spacial score (nSPS) is 12.8. The van der Waals surface area contributed by atoms with Gasteiger partial charge in [0.1, 0.15) is 11.9 Å². The van der Waals surface area contributed by atoms with Crippen molar-refractivity contribution >= 4 is 50.5 Å². The Labute approximate surface area is 120 Å².